The van der Waals surface area contributed by atoms with Crippen molar-refractivity contribution in [2.45, 2.75) is 6.92 Å². The molecule has 0 unspecified atom stereocenters. The number of aryl methyl sites for hydroxylation is 1. The summed E-state index contributed by atoms with van der Waals surface area (Å²) in [6, 6.07) is 11.2. The molecule has 2 aromatic carbocycles. The van der Waals surface area contributed by atoms with Gasteiger partial charge in [0.25, 0.3) is 5.91 Å². The molecule has 2 aromatic rings. The molecule has 0 aliphatic carbocycles. The van der Waals surface area contributed by atoms with Crippen LogP contribution in [0.5, 0.6) is 17.2 Å². The number of nitrogens with zero attached hydrogens (tertiary/aromatic N) is 3. The maximum absolute atomic E-state index is 12.7. The van der Waals surface area contributed by atoms with Crippen molar-refractivity contribution in [3.05, 3.63) is 58.7 Å². The Hall–Kier alpha value is -3.59. The van der Waals surface area contributed by atoms with Gasteiger partial charge >= 0.3 is 0 Å². The van der Waals surface area contributed by atoms with E-state index in [9.17, 15) is 4.79 Å². The molecule has 9 heteroatoms. The Labute approximate surface area is 183 Å². The lowest BCUT2D eigenvalue weighted by molar-refractivity contribution is -0.114. The van der Waals surface area contributed by atoms with E-state index in [0.717, 1.165) is 11.1 Å². The van der Waals surface area contributed by atoms with Gasteiger partial charge in [0.05, 0.1) is 26.9 Å². The van der Waals surface area contributed by atoms with Crippen molar-refractivity contribution in [3.8, 4) is 17.2 Å². The zero-order valence-electron chi connectivity index (χ0n) is 17.4. The van der Waals surface area contributed by atoms with Gasteiger partial charge in [-0.25, -0.2) is 0 Å². The third kappa shape index (κ3) is 3.68. The minimum atomic E-state index is -0.501. The first-order valence-corrected chi connectivity index (χ1v) is 10.1. The predicted octanol–water partition coefficient (Wildman–Crippen LogP) is 3.69. The van der Waals surface area contributed by atoms with Crippen LogP contribution < -0.4 is 14.2 Å². The molecular formula is C22H20N4O4S. The lowest BCUT2D eigenvalue weighted by Gasteiger charge is -2.20. The fourth-order valence-electron chi connectivity index (χ4n) is 3.27. The van der Waals surface area contributed by atoms with E-state index in [0.29, 0.717) is 33.0 Å². The highest BCUT2D eigenvalue weighted by atomic mass is 32.2. The van der Waals surface area contributed by atoms with Gasteiger partial charge in [0.15, 0.2) is 17.3 Å². The fourth-order valence-corrected chi connectivity index (χ4v) is 4.25. The Kier molecular flexibility index (Phi) is 5.51. The van der Waals surface area contributed by atoms with Crippen molar-refractivity contribution < 1.29 is 19.0 Å². The first-order valence-electron chi connectivity index (χ1n) is 9.33. The van der Waals surface area contributed by atoms with Crippen LogP contribution >= 0.6 is 11.8 Å². The number of hydrogen-bond acceptors (Lipinski definition) is 7. The number of aliphatic imine (C=N–C) groups is 1. The molecule has 4 rings (SSSR count). The number of hydrogen-bond donors (Lipinski definition) is 1. The van der Waals surface area contributed by atoms with Gasteiger partial charge in [-0.3, -0.25) is 10.2 Å². The van der Waals surface area contributed by atoms with Crippen LogP contribution in [0.15, 0.2) is 52.1 Å². The minimum absolute atomic E-state index is 0.0418. The highest BCUT2D eigenvalue weighted by Crippen LogP contribution is 2.39. The second-order valence-corrected chi connectivity index (χ2v) is 7.65. The molecule has 1 amide bonds. The third-order valence-electron chi connectivity index (χ3n) is 4.83. The summed E-state index contributed by atoms with van der Waals surface area (Å²) < 4.78 is 16.1. The summed E-state index contributed by atoms with van der Waals surface area (Å²) in [5, 5.41) is 15.6. The molecule has 0 aromatic heterocycles. The van der Waals surface area contributed by atoms with E-state index in [2.05, 4.69) is 10.1 Å². The van der Waals surface area contributed by atoms with E-state index in [4.69, 9.17) is 19.6 Å². The van der Waals surface area contributed by atoms with Crippen LogP contribution in [0.25, 0.3) is 6.08 Å². The molecule has 0 saturated heterocycles. The molecule has 0 fully saturated rings. The van der Waals surface area contributed by atoms with Crippen LogP contribution in [0.3, 0.4) is 0 Å². The zero-order valence-corrected chi connectivity index (χ0v) is 18.2. The Bertz CT molecular complexity index is 1160. The standard InChI is InChI=1S/C22H20N4O4S/c1-12-7-5-6-8-14(12)21-25-26-19(23)15(20(27)24-22(26)31-21)9-13-10-16(28-2)18(30-4)17(11-13)29-3/h5-11,23H,1-4H3/b15-9+,23-19?. The topological polar surface area (TPSA) is 96.6 Å². The SMILES string of the molecule is COc1cc(/C=C2\C(=N)N3N=C(c4ccccc4C)SC3=NC2=O)cc(OC)c1OC. The van der Waals surface area contributed by atoms with Crippen LogP contribution in [0.2, 0.25) is 0 Å². The number of amides is 1. The summed E-state index contributed by atoms with van der Waals surface area (Å²) in [4.78, 5) is 16.9. The molecule has 158 valence electrons. The molecule has 1 N–H and O–H groups in total. The van der Waals surface area contributed by atoms with E-state index in [1.54, 1.807) is 18.2 Å². The maximum Gasteiger partial charge on any atom is 0.283 e. The highest BCUT2D eigenvalue weighted by molar-refractivity contribution is 8.27. The summed E-state index contributed by atoms with van der Waals surface area (Å²) in [5.41, 5.74) is 2.73. The minimum Gasteiger partial charge on any atom is -0.493 e. The van der Waals surface area contributed by atoms with Gasteiger partial charge in [0.2, 0.25) is 10.9 Å². The lowest BCUT2D eigenvalue weighted by atomic mass is 10.1. The zero-order chi connectivity index (χ0) is 22.1. The number of amidine groups is 2. The number of ether oxygens (including phenoxy) is 3. The quantitative estimate of drug-likeness (QED) is 0.718. The summed E-state index contributed by atoms with van der Waals surface area (Å²) in [6.07, 6.45) is 1.57. The molecule has 0 radical (unpaired) electrons. The highest BCUT2D eigenvalue weighted by Gasteiger charge is 2.36. The number of carbonyl (C=O) groups excluding carboxylic acids is 1. The lowest BCUT2D eigenvalue weighted by Crippen LogP contribution is -2.35. The van der Waals surface area contributed by atoms with Crippen LogP contribution in [0, 0.1) is 12.3 Å². The largest absolute Gasteiger partial charge is 0.493 e. The first-order chi connectivity index (χ1) is 15.0. The van der Waals surface area contributed by atoms with E-state index in [1.807, 2.05) is 31.2 Å². The maximum atomic E-state index is 12.7. The molecule has 2 aliphatic heterocycles. The van der Waals surface area contributed by atoms with Crippen molar-refractivity contribution in [2.24, 2.45) is 10.1 Å². The average molecular weight is 436 g/mol. The molecule has 0 atom stereocenters. The van der Waals surface area contributed by atoms with E-state index < -0.39 is 5.91 Å². The van der Waals surface area contributed by atoms with Gasteiger partial charge in [-0.1, -0.05) is 24.3 Å². The van der Waals surface area contributed by atoms with E-state index >= 15 is 0 Å². The van der Waals surface area contributed by atoms with Gasteiger partial charge in [-0.2, -0.15) is 15.1 Å². The molecular weight excluding hydrogens is 416 g/mol. The van der Waals surface area contributed by atoms with Crippen molar-refractivity contribution in [1.29, 1.82) is 5.41 Å². The van der Waals surface area contributed by atoms with Crippen LogP contribution in [-0.4, -0.2) is 48.3 Å². The number of benzene rings is 2. The predicted molar refractivity (Wildman–Crippen MR) is 121 cm³/mol. The second kappa shape index (κ2) is 8.27. The molecule has 31 heavy (non-hydrogen) atoms. The number of fused-ring (bicyclic) bond motifs is 1. The number of nitrogens with one attached hydrogen (secondary N) is 1. The van der Waals surface area contributed by atoms with Crippen molar-refractivity contribution >= 4 is 39.8 Å². The number of rotatable bonds is 5. The normalized spacial score (nSPS) is 16.8. The molecule has 8 nitrogen and oxygen atoms in total. The van der Waals surface area contributed by atoms with Crippen LogP contribution in [0.1, 0.15) is 16.7 Å². The van der Waals surface area contributed by atoms with Crippen LogP contribution in [-0.2, 0) is 4.79 Å². The first kappa shape index (κ1) is 20.7. The van der Waals surface area contributed by atoms with E-state index in [-0.39, 0.29) is 11.4 Å². The summed E-state index contributed by atoms with van der Waals surface area (Å²) >= 11 is 1.28. The Balaban J connectivity index is 1.73. The summed E-state index contributed by atoms with van der Waals surface area (Å²) in [5.74, 6) is 0.799. The molecule has 0 saturated carbocycles. The Morgan fingerprint density at radius 1 is 1.06 bits per heavy atom. The van der Waals surface area contributed by atoms with Gasteiger partial charge in [0, 0.05) is 5.56 Å². The molecule has 2 heterocycles. The Morgan fingerprint density at radius 3 is 2.35 bits per heavy atom. The van der Waals surface area contributed by atoms with Gasteiger partial charge in [-0.15, -0.1) is 0 Å². The van der Waals surface area contributed by atoms with Crippen molar-refractivity contribution in [2.75, 3.05) is 21.3 Å². The second-order valence-electron chi connectivity index (χ2n) is 6.70. The third-order valence-corrected chi connectivity index (χ3v) is 5.77. The fraction of sp³-hybridized carbons (Fsp3) is 0.182. The number of methoxy groups -OCH3 is 3. The summed E-state index contributed by atoms with van der Waals surface area (Å²) in [6.45, 7) is 1.99. The van der Waals surface area contributed by atoms with Gasteiger partial charge in [0.1, 0.15) is 5.04 Å². The molecule has 0 spiro atoms. The number of hydrazone groups is 1. The molecule has 0 bridgehead atoms. The molecule has 2 aliphatic rings. The van der Waals surface area contributed by atoms with Gasteiger partial charge in [-0.05, 0) is 48.0 Å². The Morgan fingerprint density at radius 2 is 1.74 bits per heavy atom. The summed E-state index contributed by atoms with van der Waals surface area (Å²) in [7, 11) is 4.55. The van der Waals surface area contributed by atoms with E-state index in [1.165, 1.54) is 38.1 Å². The van der Waals surface area contributed by atoms with Crippen LogP contribution in [0.4, 0.5) is 0 Å². The average Bonchev–Trinajstić information content (AvgIpc) is 3.19. The smallest absolute Gasteiger partial charge is 0.283 e. The number of thioether (sulfide) groups is 1. The van der Waals surface area contributed by atoms with Gasteiger partial charge < -0.3 is 14.2 Å². The monoisotopic (exact) mass is 436 g/mol. The number of carbonyl (C=O) groups is 1. The van der Waals surface area contributed by atoms with Crippen molar-refractivity contribution in [1.82, 2.24) is 5.01 Å². The van der Waals surface area contributed by atoms with Crippen molar-refractivity contribution in [3.63, 3.8) is 0 Å².